The van der Waals surface area contributed by atoms with Gasteiger partial charge in [-0.25, -0.2) is 14.4 Å². The van der Waals surface area contributed by atoms with Gasteiger partial charge in [-0.1, -0.05) is 29.8 Å². The van der Waals surface area contributed by atoms with Crippen LogP contribution in [0.5, 0.6) is 0 Å². The van der Waals surface area contributed by atoms with Crippen molar-refractivity contribution in [2.75, 3.05) is 89.0 Å². The van der Waals surface area contributed by atoms with Crippen LogP contribution < -0.4 is 16.0 Å². The third-order valence-corrected chi connectivity index (χ3v) is 11.1. The number of likely N-dealkylation sites (tertiary alicyclic amines) is 1. The number of carbonyl (C=O) groups excluding carboxylic acids is 4. The molecule has 3 aromatic rings. The number of anilines is 3. The van der Waals surface area contributed by atoms with Crippen molar-refractivity contribution in [2.45, 2.75) is 50.4 Å². The molecule has 2 fully saturated rings. The van der Waals surface area contributed by atoms with Crippen LogP contribution in [0, 0.1) is 0 Å². The van der Waals surface area contributed by atoms with Crippen molar-refractivity contribution in [3.8, 4) is 0 Å². The second kappa shape index (κ2) is 18.6. The zero-order valence-corrected chi connectivity index (χ0v) is 33.4. The minimum atomic E-state index is -4.81. The Balaban J connectivity index is 1.09. The summed E-state index contributed by atoms with van der Waals surface area (Å²) in [6, 6.07) is 16.4. The lowest BCUT2D eigenvalue weighted by Crippen LogP contribution is -2.54. The van der Waals surface area contributed by atoms with Gasteiger partial charge >= 0.3 is 24.3 Å². The van der Waals surface area contributed by atoms with Gasteiger partial charge in [-0.2, -0.15) is 13.2 Å². The zero-order valence-electron chi connectivity index (χ0n) is 32.6. The number of hydrogen-bond donors (Lipinski definition) is 2. The fraction of sp³-hybridized carbons (Fsp3) is 0.463. The Morgan fingerprint density at radius 3 is 2.31 bits per heavy atom. The maximum Gasteiger partial charge on any atom is 0.418 e. The third kappa shape index (κ3) is 10.4. The smallest absolute Gasteiger partial charge is 0.418 e. The van der Waals surface area contributed by atoms with Crippen molar-refractivity contribution in [2.24, 2.45) is 0 Å². The van der Waals surface area contributed by atoms with Gasteiger partial charge in [-0.15, -0.1) is 0 Å². The molecule has 3 aliphatic heterocycles. The van der Waals surface area contributed by atoms with Gasteiger partial charge < -0.3 is 45.0 Å². The molecule has 0 aliphatic carbocycles. The van der Waals surface area contributed by atoms with Crippen molar-refractivity contribution in [3.63, 3.8) is 0 Å². The van der Waals surface area contributed by atoms with Crippen LogP contribution in [-0.4, -0.2) is 129 Å². The largest absolute Gasteiger partial charge is 0.462 e. The SMILES string of the molecule is CN(C)CCCOC(=O)c1ccc(N2CCN(C(=O)[C@@H](Cc3cc(Cl)c(N)c(C(F)(F)F)c3)OC(=O)N3CCC(N4CCc5ccccc5NC4=O)CC3)CC2)cc1. The summed E-state index contributed by atoms with van der Waals surface area (Å²) in [7, 11) is 3.89. The lowest BCUT2D eigenvalue weighted by atomic mass is 10.0. The first kappa shape index (κ1) is 42.4. The topological polar surface area (TPSA) is 141 Å². The molecule has 13 nitrogen and oxygen atoms in total. The minimum Gasteiger partial charge on any atom is -0.462 e. The summed E-state index contributed by atoms with van der Waals surface area (Å²) >= 11 is 6.13. The number of para-hydroxylation sites is 1. The predicted octanol–water partition coefficient (Wildman–Crippen LogP) is 6.00. The van der Waals surface area contributed by atoms with E-state index in [1.165, 1.54) is 15.9 Å². The average molecular weight is 828 g/mol. The Morgan fingerprint density at radius 1 is 0.948 bits per heavy atom. The van der Waals surface area contributed by atoms with E-state index >= 15 is 0 Å². The van der Waals surface area contributed by atoms with E-state index in [9.17, 15) is 32.3 Å². The number of hydrogen-bond acceptors (Lipinski definition) is 9. The van der Waals surface area contributed by atoms with Crippen LogP contribution in [0.25, 0.3) is 0 Å². The molecule has 312 valence electrons. The number of carbonyl (C=O) groups is 4. The number of piperazine rings is 1. The van der Waals surface area contributed by atoms with Crippen molar-refractivity contribution in [1.29, 1.82) is 0 Å². The molecule has 0 unspecified atom stereocenters. The van der Waals surface area contributed by atoms with Gasteiger partial charge in [0.1, 0.15) is 0 Å². The number of nitrogens with zero attached hydrogens (tertiary/aromatic N) is 5. The molecule has 58 heavy (non-hydrogen) atoms. The maximum atomic E-state index is 14.1. The van der Waals surface area contributed by atoms with E-state index < -0.39 is 41.5 Å². The highest BCUT2D eigenvalue weighted by Gasteiger charge is 2.38. The highest BCUT2D eigenvalue weighted by atomic mass is 35.5. The number of amides is 4. The summed E-state index contributed by atoms with van der Waals surface area (Å²) in [4.78, 5) is 62.2. The number of benzene rings is 3. The molecule has 2 saturated heterocycles. The standard InChI is InChI=1S/C41H49ClF3N7O6/c1-48(2)15-5-23-57-38(54)29-8-10-30(11-9-29)49-19-21-50(22-20-49)37(53)35(26-27-24-32(41(43,44)45)36(46)33(42)25-27)58-40(56)51-16-13-31(14-17-51)52-18-12-28-6-3-4-7-34(28)47-39(52)55/h3-4,6-11,24-25,31,35H,5,12-23,26,46H2,1-2H3,(H,47,55)/t35-/m1/s1. The highest BCUT2D eigenvalue weighted by molar-refractivity contribution is 6.33. The van der Waals surface area contributed by atoms with Crippen molar-refractivity contribution in [3.05, 3.63) is 87.9 Å². The molecule has 4 amide bonds. The molecule has 6 rings (SSSR count). The van der Waals surface area contributed by atoms with E-state index in [2.05, 4.69) is 5.32 Å². The summed E-state index contributed by atoms with van der Waals surface area (Å²) in [6.45, 7) is 3.44. The summed E-state index contributed by atoms with van der Waals surface area (Å²) in [5.74, 6) is -0.968. The molecule has 3 aliphatic rings. The summed E-state index contributed by atoms with van der Waals surface area (Å²) in [6.07, 6.45) is -5.07. The highest BCUT2D eigenvalue weighted by Crippen LogP contribution is 2.38. The Kier molecular flexibility index (Phi) is 13.6. The summed E-state index contributed by atoms with van der Waals surface area (Å²) in [5.41, 5.74) is 6.99. The molecule has 0 aromatic heterocycles. The number of fused-ring (bicyclic) bond motifs is 1. The second-order valence-corrected chi connectivity index (χ2v) is 15.4. The molecular weight excluding hydrogens is 779 g/mol. The number of alkyl halides is 3. The first-order valence-electron chi connectivity index (χ1n) is 19.4. The Morgan fingerprint density at radius 2 is 1.64 bits per heavy atom. The molecule has 0 spiro atoms. The maximum absolute atomic E-state index is 14.1. The second-order valence-electron chi connectivity index (χ2n) is 15.0. The fourth-order valence-electron chi connectivity index (χ4n) is 7.54. The van der Waals surface area contributed by atoms with E-state index in [1.54, 1.807) is 17.0 Å². The third-order valence-electron chi connectivity index (χ3n) is 10.8. The summed E-state index contributed by atoms with van der Waals surface area (Å²) < 4.78 is 52.9. The molecule has 3 heterocycles. The van der Waals surface area contributed by atoms with Crippen LogP contribution in [0.2, 0.25) is 5.02 Å². The monoisotopic (exact) mass is 827 g/mol. The van der Waals surface area contributed by atoms with Crippen molar-refractivity contribution >= 4 is 52.7 Å². The average Bonchev–Trinajstić information content (AvgIpc) is 3.37. The number of piperidine rings is 1. The first-order chi connectivity index (χ1) is 27.7. The Hall–Kier alpha value is -5.22. The van der Waals surface area contributed by atoms with Crippen LogP contribution in [0.15, 0.2) is 60.7 Å². The van der Waals surface area contributed by atoms with Crippen molar-refractivity contribution in [1.82, 2.24) is 19.6 Å². The lowest BCUT2D eigenvalue weighted by Gasteiger charge is -2.39. The van der Waals surface area contributed by atoms with Crippen LogP contribution >= 0.6 is 11.6 Å². The molecule has 17 heteroatoms. The molecule has 3 aromatic carbocycles. The van der Waals surface area contributed by atoms with E-state index in [4.69, 9.17) is 26.8 Å². The molecular formula is C41H49ClF3N7O6. The van der Waals surface area contributed by atoms with Gasteiger partial charge in [0.05, 0.1) is 28.4 Å². The molecule has 0 bridgehead atoms. The molecule has 0 saturated carbocycles. The van der Waals surface area contributed by atoms with Crippen LogP contribution in [-0.2, 0) is 33.3 Å². The zero-order chi connectivity index (χ0) is 41.6. The number of nitrogens with one attached hydrogen (secondary N) is 1. The van der Waals surface area contributed by atoms with Crippen LogP contribution in [0.3, 0.4) is 0 Å². The summed E-state index contributed by atoms with van der Waals surface area (Å²) in [5, 5.41) is 2.65. The van der Waals surface area contributed by atoms with Gasteiger partial charge in [0.15, 0.2) is 6.10 Å². The number of urea groups is 1. The van der Waals surface area contributed by atoms with E-state index in [0.717, 1.165) is 36.0 Å². The van der Waals surface area contributed by atoms with E-state index in [0.29, 0.717) is 51.1 Å². The van der Waals surface area contributed by atoms with E-state index in [1.807, 2.05) is 60.3 Å². The molecule has 3 N–H and O–H groups in total. The van der Waals surface area contributed by atoms with Gasteiger partial charge in [0.2, 0.25) is 0 Å². The number of ether oxygens (including phenoxy) is 2. The van der Waals surface area contributed by atoms with Crippen LogP contribution in [0.4, 0.5) is 39.8 Å². The minimum absolute atomic E-state index is 0.0273. The number of nitrogen functional groups attached to an aromatic ring is 1. The predicted molar refractivity (Wildman–Crippen MR) is 214 cm³/mol. The van der Waals surface area contributed by atoms with Gasteiger partial charge in [0.25, 0.3) is 5.91 Å². The van der Waals surface area contributed by atoms with Gasteiger partial charge in [0, 0.05) is 76.2 Å². The number of rotatable bonds is 11. The number of nitrogens with two attached hydrogens (primary N) is 1. The van der Waals surface area contributed by atoms with Crippen LogP contribution in [0.1, 0.15) is 46.3 Å². The first-order valence-corrected chi connectivity index (χ1v) is 19.8. The fourth-order valence-corrected chi connectivity index (χ4v) is 7.78. The van der Waals surface area contributed by atoms with E-state index in [-0.39, 0.29) is 55.3 Å². The Labute approximate surface area is 340 Å². The Bertz CT molecular complexity index is 1950. The quantitative estimate of drug-likeness (QED) is 0.135. The number of esters is 1. The normalized spacial score (nSPS) is 17.1. The molecule has 1 atom stereocenters. The van der Waals surface area contributed by atoms with Crippen molar-refractivity contribution < 1.29 is 41.8 Å². The lowest BCUT2D eigenvalue weighted by molar-refractivity contribution is -0.141. The number of halogens is 4. The molecule has 0 radical (unpaired) electrons. The van der Waals surface area contributed by atoms with Gasteiger partial charge in [-0.3, -0.25) is 4.79 Å². The van der Waals surface area contributed by atoms with Gasteiger partial charge in [-0.05, 0) is 93.4 Å².